The maximum atomic E-state index is 12.9. The van der Waals surface area contributed by atoms with Crippen molar-refractivity contribution in [3.63, 3.8) is 0 Å². The Hall–Kier alpha value is -1.11. The molecule has 1 heterocycles. The van der Waals surface area contributed by atoms with Crippen LogP contribution in [0.4, 0.5) is 5.69 Å². The van der Waals surface area contributed by atoms with Crippen LogP contribution in [0.1, 0.15) is 18.1 Å². The Bertz CT molecular complexity index is 613. The van der Waals surface area contributed by atoms with E-state index in [4.69, 9.17) is 5.73 Å². The highest BCUT2D eigenvalue weighted by atomic mass is 32.2. The van der Waals surface area contributed by atoms with Gasteiger partial charge in [0.1, 0.15) is 4.90 Å². The van der Waals surface area contributed by atoms with E-state index in [1.54, 1.807) is 10.4 Å². The van der Waals surface area contributed by atoms with Gasteiger partial charge < -0.3 is 10.6 Å². The molecule has 1 aromatic carbocycles. The molecule has 1 unspecified atom stereocenters. The first-order valence-corrected chi connectivity index (χ1v) is 8.25. The van der Waals surface area contributed by atoms with E-state index < -0.39 is 10.0 Å². The van der Waals surface area contributed by atoms with Crippen LogP contribution in [0, 0.1) is 13.8 Å². The minimum absolute atomic E-state index is 0.213. The van der Waals surface area contributed by atoms with Crippen molar-refractivity contribution in [2.24, 2.45) is 0 Å². The lowest BCUT2D eigenvalue weighted by atomic mass is 10.1. The van der Waals surface area contributed by atoms with Crippen molar-refractivity contribution < 1.29 is 8.42 Å². The summed E-state index contributed by atoms with van der Waals surface area (Å²) in [6.45, 7) is 7.51. The molecule has 5 nitrogen and oxygen atoms in total. The average molecular weight is 297 g/mol. The number of likely N-dealkylation sites (N-methyl/N-ethyl adjacent to an activating group) is 1. The van der Waals surface area contributed by atoms with E-state index in [1.807, 2.05) is 33.9 Å². The second-order valence-corrected chi connectivity index (χ2v) is 7.49. The summed E-state index contributed by atoms with van der Waals surface area (Å²) >= 11 is 0. The molecule has 0 saturated carbocycles. The fourth-order valence-electron chi connectivity index (χ4n) is 2.52. The van der Waals surface area contributed by atoms with E-state index in [2.05, 4.69) is 4.90 Å². The van der Waals surface area contributed by atoms with Gasteiger partial charge in [-0.1, -0.05) is 6.07 Å². The van der Waals surface area contributed by atoms with Crippen molar-refractivity contribution in [3.8, 4) is 0 Å². The Balaban J connectivity index is 2.44. The highest BCUT2D eigenvalue weighted by Crippen LogP contribution is 2.29. The number of nitrogens with two attached hydrogens (primary N) is 1. The molecule has 0 bridgehead atoms. The van der Waals surface area contributed by atoms with E-state index in [-0.39, 0.29) is 10.9 Å². The van der Waals surface area contributed by atoms with Crippen LogP contribution in [0.25, 0.3) is 0 Å². The molecule has 2 N–H and O–H groups in total. The lowest BCUT2D eigenvalue weighted by molar-refractivity contribution is 0.159. The highest BCUT2D eigenvalue weighted by Gasteiger charge is 2.33. The Morgan fingerprint density at radius 3 is 2.50 bits per heavy atom. The maximum absolute atomic E-state index is 12.9. The fraction of sp³-hybridized carbons (Fsp3) is 0.571. The van der Waals surface area contributed by atoms with Crippen LogP contribution in [0.3, 0.4) is 0 Å². The molecule has 1 atom stereocenters. The van der Waals surface area contributed by atoms with Gasteiger partial charge in [-0.15, -0.1) is 0 Å². The van der Waals surface area contributed by atoms with Gasteiger partial charge >= 0.3 is 0 Å². The summed E-state index contributed by atoms with van der Waals surface area (Å²) < 4.78 is 27.3. The SMILES string of the molecule is Cc1ccc(N)c(S(=O)(=O)N2CCN(C)C(C)C2)c1C. The first-order chi connectivity index (χ1) is 9.25. The number of benzene rings is 1. The van der Waals surface area contributed by atoms with Gasteiger partial charge in [0.15, 0.2) is 0 Å². The number of rotatable bonds is 2. The van der Waals surface area contributed by atoms with Crippen molar-refractivity contribution in [2.45, 2.75) is 31.7 Å². The van der Waals surface area contributed by atoms with Gasteiger partial charge in [0.25, 0.3) is 0 Å². The molecule has 20 heavy (non-hydrogen) atoms. The van der Waals surface area contributed by atoms with Gasteiger partial charge in [-0.2, -0.15) is 4.31 Å². The van der Waals surface area contributed by atoms with Crippen molar-refractivity contribution in [1.82, 2.24) is 9.21 Å². The number of sulfonamides is 1. The third-order valence-corrected chi connectivity index (χ3v) is 6.30. The van der Waals surface area contributed by atoms with Gasteiger partial charge in [-0.05, 0) is 45.0 Å². The van der Waals surface area contributed by atoms with Crippen molar-refractivity contribution >= 4 is 15.7 Å². The molecule has 2 rings (SSSR count). The molecule has 112 valence electrons. The lowest BCUT2D eigenvalue weighted by Crippen LogP contribution is -2.52. The zero-order valence-electron chi connectivity index (χ0n) is 12.5. The van der Waals surface area contributed by atoms with Crippen LogP contribution in [0.2, 0.25) is 0 Å². The summed E-state index contributed by atoms with van der Waals surface area (Å²) in [7, 11) is -1.51. The van der Waals surface area contributed by atoms with Gasteiger partial charge in [0.05, 0.1) is 5.69 Å². The molecule has 1 aliphatic heterocycles. The monoisotopic (exact) mass is 297 g/mol. The summed E-state index contributed by atoms with van der Waals surface area (Å²) in [5, 5.41) is 0. The minimum atomic E-state index is -3.52. The molecule has 1 aliphatic rings. The minimum Gasteiger partial charge on any atom is -0.398 e. The first kappa shape index (κ1) is 15.3. The van der Waals surface area contributed by atoms with Gasteiger partial charge in [-0.25, -0.2) is 8.42 Å². The van der Waals surface area contributed by atoms with Crippen molar-refractivity contribution in [3.05, 3.63) is 23.3 Å². The molecule has 0 aliphatic carbocycles. The molecule has 0 radical (unpaired) electrons. The number of hydrogen-bond acceptors (Lipinski definition) is 4. The quantitative estimate of drug-likeness (QED) is 0.833. The number of piperazine rings is 1. The first-order valence-electron chi connectivity index (χ1n) is 6.81. The molecule has 0 spiro atoms. The Kier molecular flexibility index (Phi) is 4.09. The van der Waals surface area contributed by atoms with E-state index in [1.165, 1.54) is 0 Å². The normalized spacial score (nSPS) is 22.1. The number of nitrogens with zero attached hydrogens (tertiary/aromatic N) is 2. The molecule has 0 amide bonds. The number of aryl methyl sites for hydroxylation is 1. The Morgan fingerprint density at radius 2 is 1.90 bits per heavy atom. The molecular weight excluding hydrogens is 274 g/mol. The second-order valence-electron chi connectivity index (χ2n) is 5.62. The molecule has 1 aromatic rings. The van der Waals surface area contributed by atoms with Gasteiger partial charge in [0, 0.05) is 25.7 Å². The summed E-state index contributed by atoms with van der Waals surface area (Å²) in [4.78, 5) is 2.44. The number of hydrogen-bond donors (Lipinski definition) is 1. The zero-order valence-corrected chi connectivity index (χ0v) is 13.4. The van der Waals surface area contributed by atoms with E-state index >= 15 is 0 Å². The van der Waals surface area contributed by atoms with Crippen LogP contribution in [-0.4, -0.2) is 50.3 Å². The topological polar surface area (TPSA) is 66.6 Å². The second kappa shape index (κ2) is 5.35. The van der Waals surface area contributed by atoms with Crippen LogP contribution in [0.5, 0.6) is 0 Å². The largest absolute Gasteiger partial charge is 0.398 e. The molecule has 6 heteroatoms. The van der Waals surface area contributed by atoms with E-state index in [0.717, 1.165) is 17.7 Å². The molecule has 1 saturated heterocycles. The maximum Gasteiger partial charge on any atom is 0.245 e. The fourth-order valence-corrected chi connectivity index (χ4v) is 4.42. The van der Waals surface area contributed by atoms with Crippen molar-refractivity contribution in [2.75, 3.05) is 32.4 Å². The average Bonchev–Trinajstić information content (AvgIpc) is 2.37. The molecular formula is C14H23N3O2S. The third kappa shape index (κ3) is 2.55. The summed E-state index contributed by atoms with van der Waals surface area (Å²) in [5.74, 6) is 0. The van der Waals surface area contributed by atoms with Crippen LogP contribution >= 0.6 is 0 Å². The summed E-state index contributed by atoms with van der Waals surface area (Å²) in [6.07, 6.45) is 0. The van der Waals surface area contributed by atoms with Crippen molar-refractivity contribution in [1.29, 1.82) is 0 Å². The number of nitrogen functional groups attached to an aromatic ring is 1. The van der Waals surface area contributed by atoms with E-state index in [9.17, 15) is 8.42 Å². The predicted octanol–water partition coefficient (Wildman–Crippen LogP) is 1.21. The van der Waals surface area contributed by atoms with Gasteiger partial charge in [-0.3, -0.25) is 0 Å². The zero-order chi connectivity index (χ0) is 15.1. The van der Waals surface area contributed by atoms with Gasteiger partial charge in [0.2, 0.25) is 10.0 Å². The molecule has 1 fully saturated rings. The molecule has 0 aromatic heterocycles. The summed E-state index contributed by atoms with van der Waals surface area (Å²) in [5.41, 5.74) is 7.95. The summed E-state index contributed by atoms with van der Waals surface area (Å²) in [6, 6.07) is 3.75. The predicted molar refractivity (Wildman–Crippen MR) is 81.2 cm³/mol. The van der Waals surface area contributed by atoms with E-state index in [0.29, 0.717) is 18.8 Å². The van der Waals surface area contributed by atoms with Crippen LogP contribution < -0.4 is 5.73 Å². The number of anilines is 1. The van der Waals surface area contributed by atoms with Crippen LogP contribution in [-0.2, 0) is 10.0 Å². The third-order valence-electron chi connectivity index (χ3n) is 4.23. The highest BCUT2D eigenvalue weighted by molar-refractivity contribution is 7.89. The lowest BCUT2D eigenvalue weighted by Gasteiger charge is -2.37. The Morgan fingerprint density at radius 1 is 1.25 bits per heavy atom. The smallest absolute Gasteiger partial charge is 0.245 e. The standard InChI is InChI=1S/C14H23N3O2S/c1-10-5-6-13(15)14(12(10)3)20(18,19)17-8-7-16(4)11(2)9-17/h5-6,11H,7-9,15H2,1-4H3. The Labute approximate surface area is 121 Å². The van der Waals surface area contributed by atoms with Crippen LogP contribution in [0.15, 0.2) is 17.0 Å².